The molecule has 1 saturated carbocycles. The molecule has 0 saturated heterocycles. The van der Waals surface area contributed by atoms with Gasteiger partial charge in [-0.05, 0) is 6.40 Å². The zero-order valence-electron chi connectivity index (χ0n) is 6.58. The van der Waals surface area contributed by atoms with E-state index in [1.165, 1.54) is 0 Å². The van der Waals surface area contributed by atoms with Crippen LogP contribution in [0.25, 0.3) is 0 Å². The van der Waals surface area contributed by atoms with Crippen molar-refractivity contribution in [3.05, 3.63) is 0 Å². The Labute approximate surface area is 83.0 Å². The number of aliphatic carboxylic acids is 1. The third-order valence-corrected chi connectivity index (χ3v) is 3.85. The highest BCUT2D eigenvalue weighted by molar-refractivity contribution is 9.10. The van der Waals surface area contributed by atoms with Crippen LogP contribution in [0.1, 0.15) is 7.77 Å². The van der Waals surface area contributed by atoms with Crippen molar-refractivity contribution in [3.63, 3.8) is 0 Å². The van der Waals surface area contributed by atoms with E-state index < -0.39 is 18.3 Å². The predicted octanol–water partition coefficient (Wildman–Crippen LogP) is 0.945. The van der Waals surface area contributed by atoms with Gasteiger partial charge in [-0.15, -0.1) is 0 Å². The SMILES string of the molecule is [2H]C1[C@H](Br)[C@@H](N)[C@H](Br)[C@H]1C(=O)O. The van der Waals surface area contributed by atoms with Gasteiger partial charge in [-0.1, -0.05) is 31.9 Å². The molecule has 3 nitrogen and oxygen atoms in total. The van der Waals surface area contributed by atoms with E-state index in [-0.39, 0.29) is 15.7 Å². The maximum atomic E-state index is 10.7. The minimum Gasteiger partial charge on any atom is -0.481 e. The zero-order chi connectivity index (χ0) is 9.46. The predicted molar refractivity (Wildman–Crippen MR) is 49.1 cm³/mol. The summed E-state index contributed by atoms with van der Waals surface area (Å²) in [7, 11) is 0. The summed E-state index contributed by atoms with van der Waals surface area (Å²) in [4.78, 5) is 10.1. The van der Waals surface area contributed by atoms with Crippen molar-refractivity contribution < 1.29 is 11.3 Å². The van der Waals surface area contributed by atoms with Crippen LogP contribution in [0.4, 0.5) is 0 Å². The molecule has 0 aliphatic heterocycles. The highest BCUT2D eigenvalue weighted by Crippen LogP contribution is 2.35. The van der Waals surface area contributed by atoms with Crippen LogP contribution in [-0.4, -0.2) is 26.8 Å². The van der Waals surface area contributed by atoms with Crippen molar-refractivity contribution in [1.82, 2.24) is 0 Å². The quantitative estimate of drug-likeness (QED) is 0.706. The summed E-state index contributed by atoms with van der Waals surface area (Å²) in [5.74, 6) is -1.68. The lowest BCUT2D eigenvalue weighted by Crippen LogP contribution is -2.34. The lowest BCUT2D eigenvalue weighted by molar-refractivity contribution is -0.141. The Morgan fingerprint density at radius 1 is 1.73 bits per heavy atom. The number of halogens is 2. The van der Waals surface area contributed by atoms with Gasteiger partial charge in [0.25, 0.3) is 0 Å². The van der Waals surface area contributed by atoms with Crippen LogP contribution >= 0.6 is 31.9 Å². The highest BCUT2D eigenvalue weighted by Gasteiger charge is 2.42. The van der Waals surface area contributed by atoms with Gasteiger partial charge in [-0.3, -0.25) is 4.79 Å². The van der Waals surface area contributed by atoms with Gasteiger partial charge in [-0.2, -0.15) is 0 Å². The summed E-state index contributed by atoms with van der Waals surface area (Å²) in [6, 6.07) is -0.311. The van der Waals surface area contributed by atoms with Crippen molar-refractivity contribution in [3.8, 4) is 0 Å². The smallest absolute Gasteiger partial charge is 0.307 e. The first-order valence-corrected chi connectivity index (χ1v) is 4.98. The molecule has 0 spiro atoms. The van der Waals surface area contributed by atoms with Gasteiger partial charge in [0.1, 0.15) is 0 Å². The fourth-order valence-electron chi connectivity index (χ4n) is 1.07. The van der Waals surface area contributed by atoms with Crippen LogP contribution in [0.15, 0.2) is 0 Å². The molecule has 0 aromatic carbocycles. The van der Waals surface area contributed by atoms with E-state index in [2.05, 4.69) is 31.9 Å². The first-order chi connectivity index (χ1) is 5.46. The van der Waals surface area contributed by atoms with Gasteiger partial charge >= 0.3 is 5.97 Å². The van der Waals surface area contributed by atoms with Crippen molar-refractivity contribution in [2.75, 3.05) is 0 Å². The maximum Gasteiger partial charge on any atom is 0.307 e. The van der Waals surface area contributed by atoms with E-state index in [1.54, 1.807) is 0 Å². The number of carboxylic acid groups (broad SMARTS) is 1. The van der Waals surface area contributed by atoms with Crippen LogP contribution in [0.5, 0.6) is 0 Å². The molecular formula is C6H9Br2NO2. The fourth-order valence-corrected chi connectivity index (χ4v) is 2.86. The molecule has 64 valence electrons. The number of nitrogens with two attached hydrogens (primary N) is 1. The van der Waals surface area contributed by atoms with Crippen molar-refractivity contribution >= 4 is 37.8 Å². The Kier molecular flexibility index (Phi) is 2.48. The molecular weight excluding hydrogens is 278 g/mol. The van der Waals surface area contributed by atoms with Crippen LogP contribution in [0.2, 0.25) is 0 Å². The first-order valence-electron chi connectivity index (χ1n) is 3.73. The van der Waals surface area contributed by atoms with Crippen LogP contribution in [0, 0.1) is 5.92 Å². The topological polar surface area (TPSA) is 63.3 Å². The van der Waals surface area contributed by atoms with Crippen LogP contribution < -0.4 is 5.73 Å². The van der Waals surface area contributed by atoms with Gasteiger partial charge in [-0.25, -0.2) is 0 Å². The molecule has 1 rings (SSSR count). The third-order valence-electron chi connectivity index (χ3n) is 1.75. The van der Waals surface area contributed by atoms with E-state index in [0.717, 1.165) is 0 Å². The first kappa shape index (κ1) is 8.01. The molecule has 0 aromatic heterocycles. The van der Waals surface area contributed by atoms with Gasteiger partial charge in [0.05, 0.1) is 5.92 Å². The monoisotopic (exact) mass is 286 g/mol. The number of carbonyl (C=O) groups is 1. The van der Waals surface area contributed by atoms with Crippen molar-refractivity contribution in [2.45, 2.75) is 22.1 Å². The maximum absolute atomic E-state index is 10.7. The Morgan fingerprint density at radius 2 is 2.27 bits per heavy atom. The molecule has 1 fully saturated rings. The van der Waals surface area contributed by atoms with Gasteiger partial charge in [0.2, 0.25) is 0 Å². The average molecular weight is 288 g/mol. The van der Waals surface area contributed by atoms with Gasteiger partial charge < -0.3 is 10.8 Å². The molecule has 1 aliphatic carbocycles. The summed E-state index contributed by atoms with van der Waals surface area (Å²) in [6.45, 7) is 0. The number of hydrogen-bond donors (Lipinski definition) is 2. The molecule has 0 bridgehead atoms. The number of carboxylic acids is 1. The summed E-state index contributed by atoms with van der Waals surface area (Å²) in [5.41, 5.74) is 5.66. The van der Waals surface area contributed by atoms with E-state index in [0.29, 0.717) is 0 Å². The number of hydrogen-bond acceptors (Lipinski definition) is 2. The average Bonchev–Trinajstić information content (AvgIpc) is 2.16. The molecule has 1 unspecified atom stereocenters. The Hall–Kier alpha value is 0.390. The second kappa shape index (κ2) is 3.41. The van der Waals surface area contributed by atoms with E-state index in [4.69, 9.17) is 12.2 Å². The summed E-state index contributed by atoms with van der Waals surface area (Å²) < 4.78 is 7.55. The second-order valence-electron chi connectivity index (χ2n) is 2.52. The van der Waals surface area contributed by atoms with Crippen molar-refractivity contribution in [1.29, 1.82) is 0 Å². The second-order valence-corrected chi connectivity index (χ2v) is 4.64. The molecule has 5 heteroatoms. The summed E-state index contributed by atoms with van der Waals surface area (Å²) in [5, 5.41) is 8.76. The summed E-state index contributed by atoms with van der Waals surface area (Å²) >= 11 is 6.41. The van der Waals surface area contributed by atoms with Gasteiger partial charge in [0.15, 0.2) is 0 Å². The molecule has 0 amide bonds. The third kappa shape index (κ3) is 1.76. The molecule has 3 N–H and O–H groups in total. The standard InChI is InChI=1S/C6H9Br2NO2/c7-3-1-2(6(10)11)4(8)5(3)9/h2-5H,1,9H2,(H,10,11)/t2-,3-,4+,5+/m0/s1/i1D/t1?,2-,3-,4+,5+. The summed E-state index contributed by atoms with van der Waals surface area (Å²) in [6.07, 6.45) is -0.679. The largest absolute Gasteiger partial charge is 0.481 e. The van der Waals surface area contributed by atoms with E-state index in [1.807, 2.05) is 0 Å². The normalized spacial score (nSPS) is 52.3. The van der Waals surface area contributed by atoms with E-state index in [9.17, 15) is 4.79 Å². The van der Waals surface area contributed by atoms with Crippen LogP contribution in [0.3, 0.4) is 0 Å². The molecule has 0 heterocycles. The lowest BCUT2D eigenvalue weighted by atomic mass is 10.1. The molecule has 5 atom stereocenters. The van der Waals surface area contributed by atoms with Crippen molar-refractivity contribution in [2.24, 2.45) is 11.7 Å². The van der Waals surface area contributed by atoms with Crippen LogP contribution in [-0.2, 0) is 4.79 Å². The lowest BCUT2D eigenvalue weighted by Gasteiger charge is -2.12. The minimum absolute atomic E-state index is 0.247. The Morgan fingerprint density at radius 3 is 2.45 bits per heavy atom. The molecule has 1 aliphatic rings. The number of alkyl halides is 2. The Balaban J connectivity index is 2.83. The van der Waals surface area contributed by atoms with E-state index >= 15 is 0 Å². The van der Waals surface area contributed by atoms with Gasteiger partial charge in [0, 0.05) is 17.1 Å². The minimum atomic E-state index is -0.964. The zero-order valence-corrected chi connectivity index (χ0v) is 8.75. The molecule has 11 heavy (non-hydrogen) atoms. The highest BCUT2D eigenvalue weighted by atomic mass is 79.9. The molecule has 0 radical (unpaired) electrons. The fraction of sp³-hybridized carbons (Fsp3) is 0.833. The number of rotatable bonds is 1. The Bertz CT molecular complexity index is 190. The molecule has 0 aromatic rings.